The van der Waals surface area contributed by atoms with Gasteiger partial charge in [-0.25, -0.2) is 8.78 Å². The lowest BCUT2D eigenvalue weighted by atomic mass is 10.0. The molecule has 148 valence electrons. The van der Waals surface area contributed by atoms with E-state index in [2.05, 4.69) is 15.6 Å². The number of halogens is 2. The Balaban J connectivity index is 2.20. The van der Waals surface area contributed by atoms with E-state index in [1.807, 2.05) is 0 Å². The topological polar surface area (TPSA) is 72.3 Å². The van der Waals surface area contributed by atoms with E-state index in [1.165, 1.54) is 32.5 Å². The second-order valence-corrected chi connectivity index (χ2v) is 5.74. The Kier molecular flexibility index (Phi) is 7.62. The zero-order valence-corrected chi connectivity index (χ0v) is 15.7. The minimum absolute atomic E-state index is 0.0757. The molecule has 0 aliphatic heterocycles. The van der Waals surface area contributed by atoms with E-state index in [0.717, 1.165) is 0 Å². The quantitative estimate of drug-likeness (QED) is 0.551. The summed E-state index contributed by atoms with van der Waals surface area (Å²) < 4.78 is 25.7. The molecule has 8 heteroatoms. The van der Waals surface area contributed by atoms with Gasteiger partial charge in [0.25, 0.3) is 12.3 Å². The summed E-state index contributed by atoms with van der Waals surface area (Å²) in [5, 5.41) is 10.2. The van der Waals surface area contributed by atoms with Gasteiger partial charge in [0.05, 0.1) is 6.21 Å². The van der Waals surface area contributed by atoms with Crippen LogP contribution in [0.1, 0.15) is 41.7 Å². The van der Waals surface area contributed by atoms with Crippen molar-refractivity contribution in [3.8, 4) is 0 Å². The molecule has 0 aliphatic rings. The number of likely N-dealkylation sites (N-methyl/N-ethyl adjacent to an activating group) is 1. The zero-order valence-electron chi connectivity index (χ0n) is 15.7. The summed E-state index contributed by atoms with van der Waals surface area (Å²) in [5.41, 5.74) is 1.67. The van der Waals surface area contributed by atoms with E-state index in [1.54, 1.807) is 43.3 Å². The lowest BCUT2D eigenvalue weighted by molar-refractivity contribution is -0.114. The molecule has 0 spiro atoms. The highest BCUT2D eigenvalue weighted by Crippen LogP contribution is 2.24. The third-order valence-electron chi connectivity index (χ3n) is 3.88. The third-order valence-corrected chi connectivity index (χ3v) is 3.88. The number of carbonyl (C=O) groups is 1. The van der Waals surface area contributed by atoms with Crippen LogP contribution in [0.3, 0.4) is 0 Å². The van der Waals surface area contributed by atoms with E-state index in [-0.39, 0.29) is 11.3 Å². The molecular formula is C20H21F2N3O3. The Labute approximate surface area is 161 Å². The fraction of sp³-hybridized carbons (Fsp3) is 0.250. The van der Waals surface area contributed by atoms with Gasteiger partial charge in [0.15, 0.2) is 5.71 Å². The van der Waals surface area contributed by atoms with Gasteiger partial charge < -0.3 is 15.0 Å². The van der Waals surface area contributed by atoms with Crippen LogP contribution in [0, 0.1) is 0 Å². The molecule has 2 aromatic rings. The van der Waals surface area contributed by atoms with Gasteiger partial charge in [0.1, 0.15) is 13.2 Å². The molecule has 1 N–H and O–H groups in total. The number of nitrogens with one attached hydrogen (secondary N) is 1. The minimum Gasteiger partial charge on any atom is -0.398 e. The number of rotatable bonds is 8. The number of hydrogen-bond acceptors (Lipinski definition) is 5. The van der Waals surface area contributed by atoms with Crippen LogP contribution in [0.4, 0.5) is 8.78 Å². The van der Waals surface area contributed by atoms with Crippen LogP contribution in [0.5, 0.6) is 0 Å². The van der Waals surface area contributed by atoms with Crippen molar-refractivity contribution in [3.05, 3.63) is 70.8 Å². The maximum absolute atomic E-state index is 12.8. The SMILES string of the molecule is CNC(=O)C(=NOC)c1ccccc1C=NOC(C)c1cccc(C(F)F)c1. The van der Waals surface area contributed by atoms with E-state index in [0.29, 0.717) is 16.7 Å². The maximum Gasteiger partial charge on any atom is 0.273 e. The van der Waals surface area contributed by atoms with Crippen molar-refractivity contribution < 1.29 is 23.3 Å². The molecule has 0 saturated heterocycles. The first-order valence-electron chi connectivity index (χ1n) is 8.47. The van der Waals surface area contributed by atoms with Gasteiger partial charge in [0, 0.05) is 23.7 Å². The van der Waals surface area contributed by atoms with Crippen molar-refractivity contribution in [2.24, 2.45) is 10.3 Å². The zero-order chi connectivity index (χ0) is 20.5. The molecule has 0 bridgehead atoms. The maximum atomic E-state index is 12.8. The lowest BCUT2D eigenvalue weighted by Gasteiger charge is -2.12. The van der Waals surface area contributed by atoms with Gasteiger partial charge in [-0.05, 0) is 18.6 Å². The van der Waals surface area contributed by atoms with E-state index < -0.39 is 18.4 Å². The van der Waals surface area contributed by atoms with Crippen molar-refractivity contribution >= 4 is 17.8 Å². The summed E-state index contributed by atoms with van der Waals surface area (Å²) >= 11 is 0. The molecule has 0 saturated carbocycles. The van der Waals surface area contributed by atoms with Crippen LogP contribution in [0.25, 0.3) is 0 Å². The summed E-state index contributed by atoms with van der Waals surface area (Å²) in [7, 11) is 2.83. The average molecular weight is 389 g/mol. The predicted molar refractivity (Wildman–Crippen MR) is 103 cm³/mol. The van der Waals surface area contributed by atoms with Crippen LogP contribution in [0.2, 0.25) is 0 Å². The van der Waals surface area contributed by atoms with Crippen LogP contribution in [-0.4, -0.2) is 32.0 Å². The van der Waals surface area contributed by atoms with Crippen LogP contribution >= 0.6 is 0 Å². The van der Waals surface area contributed by atoms with Gasteiger partial charge in [0.2, 0.25) is 0 Å². The molecule has 0 fully saturated rings. The Morgan fingerprint density at radius 2 is 1.86 bits per heavy atom. The van der Waals surface area contributed by atoms with Crippen molar-refractivity contribution in [1.29, 1.82) is 0 Å². The summed E-state index contributed by atoms with van der Waals surface area (Å²) in [6, 6.07) is 12.9. The van der Waals surface area contributed by atoms with Crippen LogP contribution in [-0.2, 0) is 14.5 Å². The Hall–Kier alpha value is -3.29. The van der Waals surface area contributed by atoms with Crippen molar-refractivity contribution in [1.82, 2.24) is 5.32 Å². The number of oxime groups is 2. The van der Waals surface area contributed by atoms with Crippen LogP contribution in [0.15, 0.2) is 58.8 Å². The van der Waals surface area contributed by atoms with Gasteiger partial charge >= 0.3 is 0 Å². The lowest BCUT2D eigenvalue weighted by Crippen LogP contribution is -2.29. The van der Waals surface area contributed by atoms with Crippen molar-refractivity contribution in [3.63, 3.8) is 0 Å². The highest BCUT2D eigenvalue weighted by atomic mass is 19.3. The molecule has 1 unspecified atom stereocenters. The van der Waals surface area contributed by atoms with E-state index in [9.17, 15) is 13.6 Å². The second kappa shape index (κ2) is 10.1. The minimum atomic E-state index is -2.55. The molecule has 0 radical (unpaired) electrons. The summed E-state index contributed by atoms with van der Waals surface area (Å²) in [5.74, 6) is -0.416. The normalized spacial score (nSPS) is 12.9. The van der Waals surface area contributed by atoms with Gasteiger partial charge in [-0.3, -0.25) is 4.79 Å². The number of carbonyl (C=O) groups excluding carboxylic acids is 1. The van der Waals surface area contributed by atoms with Crippen LogP contribution < -0.4 is 5.32 Å². The number of benzene rings is 2. The number of nitrogens with zero attached hydrogens (tertiary/aromatic N) is 2. The van der Waals surface area contributed by atoms with Crippen molar-refractivity contribution in [2.75, 3.05) is 14.2 Å². The average Bonchev–Trinajstić information content (AvgIpc) is 2.72. The van der Waals surface area contributed by atoms with Gasteiger partial charge in [-0.1, -0.05) is 52.8 Å². The molecule has 0 heterocycles. The fourth-order valence-electron chi connectivity index (χ4n) is 2.43. The first-order chi connectivity index (χ1) is 13.5. The molecule has 2 aromatic carbocycles. The largest absolute Gasteiger partial charge is 0.398 e. The standard InChI is InChI=1S/C20H21F2N3O3/c1-13(14-8-6-9-15(11-14)19(21)22)28-24-12-16-7-4-5-10-17(16)18(25-27-3)20(26)23-2/h4-13,19H,1-3H3,(H,23,26). The third kappa shape index (κ3) is 5.35. The number of hydrogen-bond donors (Lipinski definition) is 1. The molecule has 0 aliphatic carbocycles. The highest BCUT2D eigenvalue weighted by Gasteiger charge is 2.17. The molecule has 28 heavy (non-hydrogen) atoms. The van der Waals surface area contributed by atoms with E-state index in [4.69, 9.17) is 9.68 Å². The van der Waals surface area contributed by atoms with E-state index >= 15 is 0 Å². The monoisotopic (exact) mass is 389 g/mol. The molecule has 2 rings (SSSR count). The van der Waals surface area contributed by atoms with Gasteiger partial charge in [-0.2, -0.15) is 0 Å². The summed E-state index contributed by atoms with van der Waals surface area (Å²) in [6.07, 6.45) is -1.66. The highest BCUT2D eigenvalue weighted by molar-refractivity contribution is 6.46. The van der Waals surface area contributed by atoms with Crippen molar-refractivity contribution in [2.45, 2.75) is 19.5 Å². The molecule has 0 aromatic heterocycles. The predicted octanol–water partition coefficient (Wildman–Crippen LogP) is 3.83. The summed E-state index contributed by atoms with van der Waals surface area (Å²) in [6.45, 7) is 1.70. The fourth-order valence-corrected chi connectivity index (χ4v) is 2.43. The molecule has 1 atom stereocenters. The number of amides is 1. The molecular weight excluding hydrogens is 368 g/mol. The van der Waals surface area contributed by atoms with Gasteiger partial charge in [-0.15, -0.1) is 0 Å². The Morgan fingerprint density at radius 3 is 2.54 bits per heavy atom. The molecule has 1 amide bonds. The first-order valence-corrected chi connectivity index (χ1v) is 8.47. The number of alkyl halides is 2. The Bertz CT molecular complexity index is 869. The first kappa shape index (κ1) is 21.0. The second-order valence-electron chi connectivity index (χ2n) is 5.74. The molecule has 6 nitrogen and oxygen atoms in total. The smallest absolute Gasteiger partial charge is 0.273 e. The summed E-state index contributed by atoms with van der Waals surface area (Å²) in [4.78, 5) is 22.2. The Morgan fingerprint density at radius 1 is 1.14 bits per heavy atom.